The van der Waals surface area contributed by atoms with Gasteiger partial charge in [0.25, 0.3) is 5.43 Å². The Hall–Kier alpha value is -3.69. The van der Waals surface area contributed by atoms with Crippen LogP contribution in [0.3, 0.4) is 0 Å². The summed E-state index contributed by atoms with van der Waals surface area (Å²) in [7, 11) is 1.17. The molecule has 2 rings (SSSR count). The fourth-order valence-electron chi connectivity index (χ4n) is 2.82. The normalized spacial score (nSPS) is 12.8. The molecule has 2 amide bonds. The van der Waals surface area contributed by atoms with Crippen LogP contribution in [0.15, 0.2) is 39.9 Å². The highest BCUT2D eigenvalue weighted by molar-refractivity contribution is 5.90. The zero-order valence-electron chi connectivity index (χ0n) is 17.3. The van der Waals surface area contributed by atoms with Gasteiger partial charge in [-0.1, -0.05) is 44.2 Å². The molecule has 166 valence electrons. The van der Waals surface area contributed by atoms with E-state index in [0.29, 0.717) is 5.56 Å². The second kappa shape index (κ2) is 10.4. The molecule has 0 saturated heterocycles. The summed E-state index contributed by atoms with van der Waals surface area (Å²) in [6.45, 7) is 3.30. The van der Waals surface area contributed by atoms with Crippen LogP contribution >= 0.6 is 0 Å². The maximum atomic E-state index is 12.8. The minimum atomic E-state index is -1.39. The standard InChI is InChI=1S/C21H24N2O8/c1-11(2)15(20(28)30-3)23-19(27)14(9-13-16(24)18(26)17(13)25)22-21(29)31-10-12-7-5-4-6-8-12/h4-8,11,14-15,24H,9-10H2,1-3H3,(H,22,29)(H,23,27)/t14-,15-/m0/s1. The SMILES string of the molecule is COC(=O)[C@@H](NC(=O)[C@H](Cc1c(O)c(=O)c1=O)NC(=O)OCc1ccccc1)C(C)C. The Balaban J connectivity index is 2.14. The van der Waals surface area contributed by atoms with Gasteiger partial charge in [0, 0.05) is 6.42 Å². The number of esters is 1. The Labute approximate surface area is 177 Å². The van der Waals surface area contributed by atoms with Crippen molar-refractivity contribution in [3.8, 4) is 5.75 Å². The van der Waals surface area contributed by atoms with Gasteiger partial charge in [0.15, 0.2) is 5.75 Å². The van der Waals surface area contributed by atoms with E-state index in [9.17, 15) is 29.1 Å². The third kappa shape index (κ3) is 5.91. The van der Waals surface area contributed by atoms with Gasteiger partial charge in [-0.05, 0) is 11.5 Å². The van der Waals surface area contributed by atoms with Crippen LogP contribution in [0.5, 0.6) is 5.75 Å². The van der Waals surface area contributed by atoms with Crippen LogP contribution in [-0.2, 0) is 32.1 Å². The first-order chi connectivity index (χ1) is 14.6. The molecular weight excluding hydrogens is 408 g/mol. The number of hydrogen-bond acceptors (Lipinski definition) is 8. The highest BCUT2D eigenvalue weighted by Gasteiger charge is 2.32. The number of carbonyl (C=O) groups excluding carboxylic acids is 3. The lowest BCUT2D eigenvalue weighted by Gasteiger charge is -2.24. The molecule has 0 spiro atoms. The average Bonchev–Trinajstić information content (AvgIpc) is 2.77. The predicted octanol–water partition coefficient (Wildman–Crippen LogP) is 0.140. The lowest BCUT2D eigenvalue weighted by Crippen LogP contribution is -2.55. The smallest absolute Gasteiger partial charge is 0.408 e. The van der Waals surface area contributed by atoms with Crippen molar-refractivity contribution in [3.05, 3.63) is 61.9 Å². The molecule has 0 saturated carbocycles. The van der Waals surface area contributed by atoms with Crippen LogP contribution in [0.4, 0.5) is 4.79 Å². The van der Waals surface area contributed by atoms with Crippen LogP contribution in [0, 0.1) is 5.92 Å². The lowest BCUT2D eigenvalue weighted by molar-refractivity contribution is -0.146. The fraction of sp³-hybridized carbons (Fsp3) is 0.381. The van der Waals surface area contributed by atoms with Gasteiger partial charge in [-0.3, -0.25) is 14.4 Å². The van der Waals surface area contributed by atoms with Crippen molar-refractivity contribution >= 4 is 18.0 Å². The quantitative estimate of drug-likeness (QED) is 0.374. The fourth-order valence-corrected chi connectivity index (χ4v) is 2.82. The molecule has 3 N–H and O–H groups in total. The van der Waals surface area contributed by atoms with Crippen molar-refractivity contribution in [3.63, 3.8) is 0 Å². The monoisotopic (exact) mass is 432 g/mol. The Kier molecular flexibility index (Phi) is 7.89. The second-order valence-corrected chi connectivity index (χ2v) is 7.20. The number of aromatic hydroxyl groups is 1. The molecule has 0 aliphatic rings. The van der Waals surface area contributed by atoms with Crippen molar-refractivity contribution in [2.45, 2.75) is 39.0 Å². The number of carbonyl (C=O) groups is 3. The first-order valence-electron chi connectivity index (χ1n) is 9.52. The van der Waals surface area contributed by atoms with Gasteiger partial charge in [0.1, 0.15) is 18.7 Å². The van der Waals surface area contributed by atoms with E-state index in [1.807, 2.05) is 0 Å². The molecule has 0 aromatic heterocycles. The number of nitrogens with one attached hydrogen (secondary N) is 2. The number of amides is 2. The van der Waals surface area contributed by atoms with E-state index < -0.39 is 53.1 Å². The summed E-state index contributed by atoms with van der Waals surface area (Å²) in [5, 5.41) is 14.4. The number of rotatable bonds is 9. The number of ether oxygens (including phenoxy) is 2. The molecule has 31 heavy (non-hydrogen) atoms. The maximum absolute atomic E-state index is 12.8. The van der Waals surface area contributed by atoms with E-state index in [0.717, 1.165) is 0 Å². The zero-order valence-corrected chi connectivity index (χ0v) is 17.3. The summed E-state index contributed by atoms with van der Waals surface area (Å²) < 4.78 is 9.76. The number of methoxy groups -OCH3 is 1. The van der Waals surface area contributed by atoms with Gasteiger partial charge in [-0.2, -0.15) is 0 Å². The molecule has 2 aromatic rings. The van der Waals surface area contributed by atoms with Gasteiger partial charge in [-0.25, -0.2) is 9.59 Å². The van der Waals surface area contributed by atoms with Crippen LogP contribution < -0.4 is 21.5 Å². The van der Waals surface area contributed by atoms with Crippen molar-refractivity contribution in [1.82, 2.24) is 10.6 Å². The molecule has 0 aliphatic heterocycles. The number of benzene rings is 1. The summed E-state index contributed by atoms with van der Waals surface area (Å²) in [5.74, 6) is -2.59. The van der Waals surface area contributed by atoms with Crippen LogP contribution in [0.25, 0.3) is 0 Å². The Morgan fingerprint density at radius 3 is 2.23 bits per heavy atom. The zero-order chi connectivity index (χ0) is 23.1. The predicted molar refractivity (Wildman–Crippen MR) is 109 cm³/mol. The number of alkyl carbamates (subject to hydrolysis) is 1. The van der Waals surface area contributed by atoms with Gasteiger partial charge in [0.2, 0.25) is 11.3 Å². The third-order valence-corrected chi connectivity index (χ3v) is 4.63. The van der Waals surface area contributed by atoms with Gasteiger partial charge in [0.05, 0.1) is 12.7 Å². The summed E-state index contributed by atoms with van der Waals surface area (Å²) in [5.41, 5.74) is -1.57. The molecule has 0 fully saturated rings. The molecule has 0 heterocycles. The minimum absolute atomic E-state index is 0.0663. The summed E-state index contributed by atoms with van der Waals surface area (Å²) >= 11 is 0. The Bertz CT molecular complexity index is 1010. The van der Waals surface area contributed by atoms with E-state index in [4.69, 9.17) is 4.74 Å². The van der Waals surface area contributed by atoms with E-state index in [-0.39, 0.29) is 18.1 Å². The molecule has 10 nitrogen and oxygen atoms in total. The first-order valence-corrected chi connectivity index (χ1v) is 9.52. The highest BCUT2D eigenvalue weighted by atomic mass is 16.5. The second-order valence-electron chi connectivity index (χ2n) is 7.20. The lowest BCUT2D eigenvalue weighted by atomic mass is 9.98. The molecule has 0 unspecified atom stereocenters. The van der Waals surface area contributed by atoms with Crippen molar-refractivity contribution in [1.29, 1.82) is 0 Å². The van der Waals surface area contributed by atoms with Crippen molar-refractivity contribution in [2.24, 2.45) is 5.92 Å². The van der Waals surface area contributed by atoms with Crippen LogP contribution in [-0.4, -0.2) is 42.3 Å². The maximum Gasteiger partial charge on any atom is 0.408 e. The van der Waals surface area contributed by atoms with Crippen LogP contribution in [0.2, 0.25) is 0 Å². The van der Waals surface area contributed by atoms with Crippen molar-refractivity contribution < 1.29 is 29.0 Å². The van der Waals surface area contributed by atoms with Gasteiger partial charge in [-0.15, -0.1) is 0 Å². The van der Waals surface area contributed by atoms with E-state index in [2.05, 4.69) is 15.4 Å². The molecular formula is C21H24N2O8. The molecule has 0 aliphatic carbocycles. The average molecular weight is 432 g/mol. The third-order valence-electron chi connectivity index (χ3n) is 4.63. The first kappa shape index (κ1) is 23.6. The molecule has 0 bridgehead atoms. The minimum Gasteiger partial charge on any atom is -0.504 e. The molecule has 0 radical (unpaired) electrons. The van der Waals surface area contributed by atoms with E-state index >= 15 is 0 Å². The summed E-state index contributed by atoms with van der Waals surface area (Å²) in [4.78, 5) is 59.9. The molecule has 2 aromatic carbocycles. The largest absolute Gasteiger partial charge is 0.504 e. The van der Waals surface area contributed by atoms with E-state index in [1.165, 1.54) is 7.11 Å². The van der Waals surface area contributed by atoms with Gasteiger partial charge >= 0.3 is 12.1 Å². The molecule has 10 heteroatoms. The van der Waals surface area contributed by atoms with Gasteiger partial charge < -0.3 is 25.2 Å². The molecule has 2 atom stereocenters. The van der Waals surface area contributed by atoms with Crippen LogP contribution in [0.1, 0.15) is 25.0 Å². The highest BCUT2D eigenvalue weighted by Crippen LogP contribution is 2.12. The summed E-state index contributed by atoms with van der Waals surface area (Å²) in [6.07, 6.45) is -1.41. The Morgan fingerprint density at radius 1 is 1.03 bits per heavy atom. The van der Waals surface area contributed by atoms with Crippen molar-refractivity contribution in [2.75, 3.05) is 7.11 Å². The Morgan fingerprint density at radius 2 is 1.68 bits per heavy atom. The number of hydrogen-bond donors (Lipinski definition) is 3. The van der Waals surface area contributed by atoms with E-state index in [1.54, 1.807) is 44.2 Å². The summed E-state index contributed by atoms with van der Waals surface area (Å²) in [6, 6.07) is 6.41. The topological polar surface area (TPSA) is 148 Å².